The molecule has 1 amide bonds. The molecule has 1 aromatic carbocycles. The van der Waals surface area contributed by atoms with Gasteiger partial charge in [-0.15, -0.1) is 0 Å². The molecule has 0 heterocycles. The van der Waals surface area contributed by atoms with E-state index in [0.717, 1.165) is 12.8 Å². The van der Waals surface area contributed by atoms with Crippen molar-refractivity contribution in [2.24, 2.45) is 5.92 Å². The van der Waals surface area contributed by atoms with Crippen LogP contribution in [0.1, 0.15) is 23.2 Å². The van der Waals surface area contributed by atoms with Crippen LogP contribution in [0.15, 0.2) is 22.7 Å². The largest absolute Gasteiger partial charge is 0.391 e. The van der Waals surface area contributed by atoms with E-state index in [1.54, 1.807) is 18.2 Å². The molecule has 0 radical (unpaired) electrons. The van der Waals surface area contributed by atoms with Crippen LogP contribution in [0, 0.1) is 5.92 Å². The van der Waals surface area contributed by atoms with E-state index in [1.165, 1.54) is 0 Å². The van der Waals surface area contributed by atoms with Crippen molar-refractivity contribution in [1.29, 1.82) is 0 Å². The van der Waals surface area contributed by atoms with Crippen molar-refractivity contribution in [3.8, 4) is 0 Å². The number of benzene rings is 1. The van der Waals surface area contributed by atoms with Crippen LogP contribution in [0.2, 0.25) is 5.02 Å². The molecule has 1 aliphatic rings. The van der Waals surface area contributed by atoms with Gasteiger partial charge in [0.1, 0.15) is 0 Å². The maximum Gasteiger partial charge on any atom is 0.252 e. The monoisotopic (exact) mass is 317 g/mol. The van der Waals surface area contributed by atoms with E-state index in [9.17, 15) is 9.90 Å². The van der Waals surface area contributed by atoms with Crippen LogP contribution in [0.25, 0.3) is 0 Å². The Labute approximate surface area is 113 Å². The number of carbonyl (C=O) groups is 1. The Bertz CT molecular complexity index is 435. The van der Waals surface area contributed by atoms with Crippen LogP contribution in [0.4, 0.5) is 0 Å². The molecule has 1 aromatic rings. The van der Waals surface area contributed by atoms with Crippen LogP contribution < -0.4 is 5.32 Å². The summed E-state index contributed by atoms with van der Waals surface area (Å²) in [7, 11) is 0. The Hall–Kier alpha value is -0.580. The van der Waals surface area contributed by atoms with Crippen molar-refractivity contribution in [3.05, 3.63) is 33.3 Å². The van der Waals surface area contributed by atoms with E-state index in [4.69, 9.17) is 11.6 Å². The fourth-order valence-electron chi connectivity index (χ4n) is 1.62. The number of hydrogen-bond donors (Lipinski definition) is 2. The normalized spacial score (nSPS) is 16.6. The fourth-order valence-corrected chi connectivity index (χ4v) is 2.20. The van der Waals surface area contributed by atoms with Gasteiger partial charge in [-0.05, 0) is 46.8 Å². The van der Waals surface area contributed by atoms with E-state index < -0.39 is 6.10 Å². The summed E-state index contributed by atoms with van der Waals surface area (Å²) >= 11 is 9.27. The topological polar surface area (TPSA) is 49.3 Å². The zero-order chi connectivity index (χ0) is 12.4. The van der Waals surface area contributed by atoms with Gasteiger partial charge in [0, 0.05) is 11.0 Å². The molecular formula is C12H13BrClNO2. The predicted molar refractivity (Wildman–Crippen MR) is 70.2 cm³/mol. The maximum atomic E-state index is 11.8. The molecule has 1 saturated carbocycles. The Morgan fingerprint density at radius 3 is 2.94 bits per heavy atom. The number of aliphatic hydroxyl groups is 1. The number of halogens is 2. The van der Waals surface area contributed by atoms with Gasteiger partial charge in [-0.3, -0.25) is 4.79 Å². The predicted octanol–water partition coefficient (Wildman–Crippen LogP) is 2.60. The lowest BCUT2D eigenvalue weighted by atomic mass is 10.2. The van der Waals surface area contributed by atoms with Gasteiger partial charge >= 0.3 is 0 Å². The van der Waals surface area contributed by atoms with E-state index in [1.807, 2.05) is 0 Å². The number of carbonyl (C=O) groups excluding carboxylic acids is 1. The highest BCUT2D eigenvalue weighted by Crippen LogP contribution is 2.32. The highest BCUT2D eigenvalue weighted by molar-refractivity contribution is 9.10. The van der Waals surface area contributed by atoms with Gasteiger partial charge in [0.2, 0.25) is 0 Å². The third-order valence-corrected chi connectivity index (χ3v) is 4.13. The summed E-state index contributed by atoms with van der Waals surface area (Å²) in [6.07, 6.45) is 1.66. The van der Waals surface area contributed by atoms with Gasteiger partial charge in [-0.25, -0.2) is 0 Å². The Morgan fingerprint density at radius 1 is 1.59 bits per heavy atom. The lowest BCUT2D eigenvalue weighted by Crippen LogP contribution is -2.33. The van der Waals surface area contributed by atoms with Crippen molar-refractivity contribution >= 4 is 33.4 Å². The van der Waals surface area contributed by atoms with E-state index >= 15 is 0 Å². The van der Waals surface area contributed by atoms with Gasteiger partial charge in [0.05, 0.1) is 16.7 Å². The average molecular weight is 319 g/mol. The Morgan fingerprint density at radius 2 is 2.29 bits per heavy atom. The quantitative estimate of drug-likeness (QED) is 0.896. The summed E-state index contributed by atoms with van der Waals surface area (Å²) in [6, 6.07) is 5.19. The van der Waals surface area contributed by atoms with Crippen LogP contribution in [0.5, 0.6) is 0 Å². The number of rotatable bonds is 4. The van der Waals surface area contributed by atoms with Crippen molar-refractivity contribution in [2.45, 2.75) is 18.9 Å². The summed E-state index contributed by atoms with van der Waals surface area (Å²) in [5, 5.41) is 12.7. The molecule has 17 heavy (non-hydrogen) atoms. The lowest BCUT2D eigenvalue weighted by molar-refractivity contribution is 0.0901. The van der Waals surface area contributed by atoms with E-state index in [-0.39, 0.29) is 12.5 Å². The lowest BCUT2D eigenvalue weighted by Gasteiger charge is -2.11. The second-order valence-electron chi connectivity index (χ2n) is 4.22. The second-order valence-corrected chi connectivity index (χ2v) is 5.45. The van der Waals surface area contributed by atoms with Crippen LogP contribution in [0.3, 0.4) is 0 Å². The number of nitrogens with one attached hydrogen (secondary N) is 1. The SMILES string of the molecule is O=C(NCC(O)C1CC1)c1cccc(Br)c1Cl. The zero-order valence-electron chi connectivity index (χ0n) is 9.12. The molecule has 0 spiro atoms. The third kappa shape index (κ3) is 3.21. The number of aliphatic hydroxyl groups excluding tert-OH is 1. The summed E-state index contributed by atoms with van der Waals surface area (Å²) in [4.78, 5) is 11.8. The summed E-state index contributed by atoms with van der Waals surface area (Å²) in [5.74, 6) is 0.101. The molecule has 0 aliphatic heterocycles. The molecule has 2 rings (SSSR count). The first-order valence-corrected chi connectivity index (χ1v) is 6.67. The van der Waals surface area contributed by atoms with Gasteiger partial charge < -0.3 is 10.4 Å². The minimum atomic E-state index is -0.440. The minimum Gasteiger partial charge on any atom is -0.391 e. The molecule has 1 aliphatic carbocycles. The molecule has 1 atom stereocenters. The first kappa shape index (κ1) is 12.9. The maximum absolute atomic E-state index is 11.8. The van der Waals surface area contributed by atoms with Crippen molar-refractivity contribution in [2.75, 3.05) is 6.54 Å². The number of amides is 1. The molecular weight excluding hydrogens is 305 g/mol. The van der Waals surface area contributed by atoms with Crippen LogP contribution in [-0.2, 0) is 0 Å². The van der Waals surface area contributed by atoms with Gasteiger partial charge in [0.25, 0.3) is 5.91 Å². The molecule has 0 aromatic heterocycles. The molecule has 0 saturated heterocycles. The minimum absolute atomic E-state index is 0.254. The van der Waals surface area contributed by atoms with Crippen LogP contribution >= 0.6 is 27.5 Å². The molecule has 2 N–H and O–H groups in total. The number of hydrogen-bond acceptors (Lipinski definition) is 2. The van der Waals surface area contributed by atoms with Gasteiger partial charge in [-0.1, -0.05) is 17.7 Å². The highest BCUT2D eigenvalue weighted by Gasteiger charge is 2.29. The molecule has 1 fully saturated rings. The van der Waals surface area contributed by atoms with Crippen LogP contribution in [-0.4, -0.2) is 23.7 Å². The van der Waals surface area contributed by atoms with Crippen molar-refractivity contribution in [3.63, 3.8) is 0 Å². The zero-order valence-corrected chi connectivity index (χ0v) is 11.5. The average Bonchev–Trinajstić information content (AvgIpc) is 3.13. The van der Waals surface area contributed by atoms with Gasteiger partial charge in [-0.2, -0.15) is 0 Å². The first-order valence-electron chi connectivity index (χ1n) is 5.50. The molecule has 0 bridgehead atoms. The Balaban J connectivity index is 1.96. The second kappa shape index (κ2) is 5.38. The van der Waals surface area contributed by atoms with E-state index in [2.05, 4.69) is 21.2 Å². The van der Waals surface area contributed by atoms with E-state index in [0.29, 0.717) is 21.0 Å². The Kier molecular flexibility index (Phi) is 4.07. The highest BCUT2D eigenvalue weighted by atomic mass is 79.9. The summed E-state index contributed by atoms with van der Waals surface area (Å²) in [6.45, 7) is 0.284. The summed E-state index contributed by atoms with van der Waals surface area (Å²) in [5.41, 5.74) is 0.420. The standard InChI is InChI=1S/C12H13BrClNO2/c13-9-3-1-2-8(11(9)14)12(17)15-6-10(16)7-4-5-7/h1-3,7,10,16H,4-6H2,(H,15,17). The van der Waals surface area contributed by atoms with Crippen molar-refractivity contribution < 1.29 is 9.90 Å². The summed E-state index contributed by atoms with van der Waals surface area (Å²) < 4.78 is 0.689. The van der Waals surface area contributed by atoms with Crippen molar-refractivity contribution in [1.82, 2.24) is 5.32 Å². The molecule has 5 heteroatoms. The molecule has 92 valence electrons. The third-order valence-electron chi connectivity index (χ3n) is 2.83. The first-order chi connectivity index (χ1) is 8.09. The fraction of sp³-hybridized carbons (Fsp3) is 0.417. The molecule has 1 unspecified atom stereocenters. The van der Waals surface area contributed by atoms with Gasteiger partial charge in [0.15, 0.2) is 0 Å². The smallest absolute Gasteiger partial charge is 0.252 e. The molecule has 3 nitrogen and oxygen atoms in total.